The van der Waals surface area contributed by atoms with Crippen LogP contribution in [0.2, 0.25) is 0 Å². The molecular formula is C15H10ClF3N2. The van der Waals surface area contributed by atoms with Crippen molar-refractivity contribution in [2.45, 2.75) is 12.3 Å². The quantitative estimate of drug-likeness (QED) is 0.625. The van der Waals surface area contributed by atoms with Crippen molar-refractivity contribution in [3.8, 4) is 5.69 Å². The maximum absolute atomic E-state index is 14.1. The minimum absolute atomic E-state index is 0.0504. The van der Waals surface area contributed by atoms with Crippen LogP contribution in [0.1, 0.15) is 18.1 Å². The van der Waals surface area contributed by atoms with Gasteiger partial charge in [-0.25, -0.2) is 18.2 Å². The summed E-state index contributed by atoms with van der Waals surface area (Å²) in [5.41, 5.74) is 0.358. The molecule has 0 aliphatic rings. The summed E-state index contributed by atoms with van der Waals surface area (Å²) in [6, 6.07) is 8.11. The molecule has 108 valence electrons. The average molecular weight is 311 g/mol. The van der Waals surface area contributed by atoms with Crippen molar-refractivity contribution in [1.29, 1.82) is 0 Å². The minimum atomic E-state index is -1.03. The van der Waals surface area contributed by atoms with Crippen LogP contribution in [0.25, 0.3) is 16.7 Å². The second-order valence-electron chi connectivity index (χ2n) is 4.60. The number of benzene rings is 2. The predicted octanol–water partition coefficient (Wildman–Crippen LogP) is 4.74. The molecule has 0 spiro atoms. The van der Waals surface area contributed by atoms with Gasteiger partial charge in [0.1, 0.15) is 11.3 Å². The van der Waals surface area contributed by atoms with E-state index in [-0.39, 0.29) is 17.0 Å². The zero-order chi connectivity index (χ0) is 15.1. The monoisotopic (exact) mass is 310 g/mol. The predicted molar refractivity (Wildman–Crippen MR) is 75.2 cm³/mol. The van der Waals surface area contributed by atoms with Gasteiger partial charge in [0, 0.05) is 0 Å². The summed E-state index contributed by atoms with van der Waals surface area (Å²) < 4.78 is 42.7. The third kappa shape index (κ3) is 2.17. The second-order valence-corrected chi connectivity index (χ2v) is 5.26. The van der Waals surface area contributed by atoms with E-state index in [9.17, 15) is 13.2 Å². The molecule has 6 heteroatoms. The molecular weight excluding hydrogens is 301 g/mol. The molecule has 0 bridgehead atoms. The summed E-state index contributed by atoms with van der Waals surface area (Å²) in [5, 5.41) is -0.598. The van der Waals surface area contributed by atoms with E-state index < -0.39 is 22.8 Å². The Morgan fingerprint density at radius 3 is 2.43 bits per heavy atom. The SMILES string of the molecule is CC(Cl)c1nc2c(F)cccc2n1-c1cccc(F)c1F. The number of hydrogen-bond donors (Lipinski definition) is 0. The summed E-state index contributed by atoms with van der Waals surface area (Å²) in [7, 11) is 0. The Kier molecular flexibility index (Phi) is 3.37. The number of halogens is 4. The summed E-state index contributed by atoms with van der Waals surface area (Å²) in [4.78, 5) is 4.13. The molecule has 3 rings (SSSR count). The summed E-state index contributed by atoms with van der Waals surface area (Å²) in [6.07, 6.45) is 0. The fourth-order valence-electron chi connectivity index (χ4n) is 2.27. The number of fused-ring (bicyclic) bond motifs is 1. The number of nitrogens with zero attached hydrogens (tertiary/aromatic N) is 2. The number of rotatable bonds is 2. The van der Waals surface area contributed by atoms with Crippen molar-refractivity contribution >= 4 is 22.6 Å². The molecule has 1 aromatic heterocycles. The van der Waals surface area contributed by atoms with E-state index in [4.69, 9.17) is 11.6 Å². The topological polar surface area (TPSA) is 17.8 Å². The number of para-hydroxylation sites is 1. The number of alkyl halides is 1. The Bertz CT molecular complexity index is 827. The first-order valence-electron chi connectivity index (χ1n) is 6.26. The molecule has 0 aliphatic carbocycles. The van der Waals surface area contributed by atoms with Gasteiger partial charge >= 0.3 is 0 Å². The van der Waals surface area contributed by atoms with Gasteiger partial charge in [0.15, 0.2) is 17.5 Å². The van der Waals surface area contributed by atoms with Gasteiger partial charge in [-0.1, -0.05) is 12.1 Å². The maximum Gasteiger partial charge on any atom is 0.182 e. The molecule has 0 N–H and O–H groups in total. The zero-order valence-corrected chi connectivity index (χ0v) is 11.7. The van der Waals surface area contributed by atoms with E-state index in [0.29, 0.717) is 5.52 Å². The summed E-state index contributed by atoms with van der Waals surface area (Å²) >= 11 is 6.05. The third-order valence-electron chi connectivity index (χ3n) is 3.19. The lowest BCUT2D eigenvalue weighted by Gasteiger charge is -2.11. The van der Waals surface area contributed by atoms with Gasteiger partial charge in [-0.2, -0.15) is 0 Å². The van der Waals surface area contributed by atoms with Gasteiger partial charge < -0.3 is 0 Å². The maximum atomic E-state index is 14.1. The Labute approximate surface area is 123 Å². The van der Waals surface area contributed by atoms with Crippen molar-refractivity contribution in [1.82, 2.24) is 9.55 Å². The molecule has 0 saturated carbocycles. The number of imidazole rings is 1. The van der Waals surface area contributed by atoms with Crippen LogP contribution >= 0.6 is 11.6 Å². The van der Waals surface area contributed by atoms with Crippen LogP contribution < -0.4 is 0 Å². The van der Waals surface area contributed by atoms with Crippen molar-refractivity contribution in [2.75, 3.05) is 0 Å². The highest BCUT2D eigenvalue weighted by Crippen LogP contribution is 2.30. The molecule has 1 unspecified atom stereocenters. The Morgan fingerprint density at radius 2 is 1.71 bits per heavy atom. The smallest absolute Gasteiger partial charge is 0.182 e. The summed E-state index contributed by atoms with van der Waals surface area (Å²) in [6.45, 7) is 1.63. The van der Waals surface area contributed by atoms with Crippen LogP contribution in [-0.4, -0.2) is 9.55 Å². The normalized spacial score (nSPS) is 12.8. The van der Waals surface area contributed by atoms with E-state index in [0.717, 1.165) is 6.07 Å². The van der Waals surface area contributed by atoms with Gasteiger partial charge in [0.25, 0.3) is 0 Å². The Hall–Kier alpha value is -2.01. The van der Waals surface area contributed by atoms with Crippen LogP contribution in [0.5, 0.6) is 0 Å². The van der Waals surface area contributed by atoms with Crippen molar-refractivity contribution < 1.29 is 13.2 Å². The van der Waals surface area contributed by atoms with Crippen LogP contribution in [0.15, 0.2) is 36.4 Å². The highest BCUT2D eigenvalue weighted by atomic mass is 35.5. The zero-order valence-electron chi connectivity index (χ0n) is 10.9. The fourth-order valence-corrected chi connectivity index (χ4v) is 2.41. The Balaban J connectivity index is 2.43. The minimum Gasteiger partial charge on any atom is -0.292 e. The van der Waals surface area contributed by atoms with E-state index >= 15 is 0 Å². The van der Waals surface area contributed by atoms with Gasteiger partial charge in [-0.15, -0.1) is 11.6 Å². The molecule has 2 nitrogen and oxygen atoms in total. The third-order valence-corrected chi connectivity index (χ3v) is 3.38. The molecule has 1 heterocycles. The standard InChI is InChI=1S/C15H10ClF3N2/c1-8(16)15-20-14-10(18)5-3-7-12(14)21(15)11-6-2-4-9(17)13(11)19/h2-8H,1H3. The number of hydrogen-bond acceptors (Lipinski definition) is 1. The highest BCUT2D eigenvalue weighted by Gasteiger charge is 2.21. The average Bonchev–Trinajstić information content (AvgIpc) is 2.83. The molecule has 0 amide bonds. The lowest BCUT2D eigenvalue weighted by molar-refractivity contribution is 0.504. The molecule has 2 aromatic carbocycles. The van der Waals surface area contributed by atoms with E-state index in [1.54, 1.807) is 13.0 Å². The molecule has 3 aromatic rings. The summed E-state index contributed by atoms with van der Waals surface area (Å²) in [5.74, 6) is -2.30. The largest absolute Gasteiger partial charge is 0.292 e. The first-order valence-corrected chi connectivity index (χ1v) is 6.69. The lowest BCUT2D eigenvalue weighted by atomic mass is 10.2. The van der Waals surface area contributed by atoms with Crippen molar-refractivity contribution in [3.63, 3.8) is 0 Å². The fraction of sp³-hybridized carbons (Fsp3) is 0.133. The molecule has 0 radical (unpaired) electrons. The van der Waals surface area contributed by atoms with Crippen molar-refractivity contribution in [2.24, 2.45) is 0 Å². The number of aromatic nitrogens is 2. The molecule has 0 saturated heterocycles. The Morgan fingerprint density at radius 1 is 1.05 bits per heavy atom. The molecule has 21 heavy (non-hydrogen) atoms. The van der Waals surface area contributed by atoms with Crippen LogP contribution in [0.3, 0.4) is 0 Å². The van der Waals surface area contributed by atoms with Gasteiger partial charge in [-0.05, 0) is 31.2 Å². The van der Waals surface area contributed by atoms with Gasteiger partial charge in [0.05, 0.1) is 16.6 Å². The van der Waals surface area contributed by atoms with E-state index in [1.807, 2.05) is 0 Å². The van der Waals surface area contributed by atoms with E-state index in [1.165, 1.54) is 28.8 Å². The highest BCUT2D eigenvalue weighted by molar-refractivity contribution is 6.20. The lowest BCUT2D eigenvalue weighted by Crippen LogP contribution is -2.05. The molecule has 0 fully saturated rings. The van der Waals surface area contributed by atoms with Gasteiger partial charge in [0.2, 0.25) is 0 Å². The first kappa shape index (κ1) is 13.9. The van der Waals surface area contributed by atoms with Crippen LogP contribution in [0, 0.1) is 17.5 Å². The van der Waals surface area contributed by atoms with E-state index in [2.05, 4.69) is 4.98 Å². The first-order chi connectivity index (χ1) is 10.0. The molecule has 1 atom stereocenters. The van der Waals surface area contributed by atoms with Gasteiger partial charge in [-0.3, -0.25) is 4.57 Å². The van der Waals surface area contributed by atoms with Crippen LogP contribution in [-0.2, 0) is 0 Å². The second kappa shape index (κ2) is 5.07. The van der Waals surface area contributed by atoms with Crippen LogP contribution in [0.4, 0.5) is 13.2 Å². The molecule has 0 aliphatic heterocycles. The van der Waals surface area contributed by atoms with Crippen molar-refractivity contribution in [3.05, 3.63) is 59.7 Å².